The summed E-state index contributed by atoms with van der Waals surface area (Å²) in [6.45, 7) is 6.03. The van der Waals surface area contributed by atoms with Crippen LogP contribution in [0.25, 0.3) is 0 Å². The minimum atomic E-state index is 0.781. The minimum absolute atomic E-state index is 0.781. The van der Waals surface area contributed by atoms with E-state index in [9.17, 15) is 0 Å². The monoisotopic (exact) mass is 395 g/mol. The number of nitrogens with zero attached hydrogens (tertiary/aromatic N) is 1. The van der Waals surface area contributed by atoms with E-state index in [-0.39, 0.29) is 0 Å². The quantitative estimate of drug-likeness (QED) is 0.228. The molecule has 0 aliphatic carbocycles. The van der Waals surface area contributed by atoms with Crippen molar-refractivity contribution in [3.8, 4) is 11.5 Å². The maximum atomic E-state index is 5.83. The van der Waals surface area contributed by atoms with Gasteiger partial charge in [0.05, 0.1) is 18.9 Å². The largest absolute Gasteiger partial charge is 0.494 e. The van der Waals surface area contributed by atoms with Gasteiger partial charge in [0.1, 0.15) is 11.5 Å². The number of hydrogen-bond acceptors (Lipinski definition) is 3. The number of ether oxygens (including phenoxy) is 2. The van der Waals surface area contributed by atoms with Gasteiger partial charge < -0.3 is 9.47 Å². The molecule has 3 heteroatoms. The molecule has 0 saturated carbocycles. The lowest BCUT2D eigenvalue weighted by molar-refractivity contribution is 0.304. The van der Waals surface area contributed by atoms with Crippen molar-refractivity contribution in [1.82, 2.24) is 0 Å². The number of hydrogen-bond donors (Lipinski definition) is 0. The first kappa shape index (κ1) is 23.0. The van der Waals surface area contributed by atoms with Crippen LogP contribution in [0.5, 0.6) is 11.5 Å². The predicted molar refractivity (Wildman–Crippen MR) is 124 cm³/mol. The predicted octanol–water partition coefficient (Wildman–Crippen LogP) is 7.75. The Morgan fingerprint density at radius 3 is 1.72 bits per heavy atom. The maximum Gasteiger partial charge on any atom is 0.119 e. The van der Waals surface area contributed by atoms with E-state index in [0.717, 1.165) is 48.8 Å². The SMILES string of the molecule is CCCCCCCCOc1ccc(C=Nc2ccc(OCCCCC)cc2)cc1. The van der Waals surface area contributed by atoms with Crippen molar-refractivity contribution in [1.29, 1.82) is 0 Å². The summed E-state index contributed by atoms with van der Waals surface area (Å²) < 4.78 is 11.6. The summed E-state index contributed by atoms with van der Waals surface area (Å²) in [5.74, 6) is 1.84. The van der Waals surface area contributed by atoms with E-state index in [2.05, 4.69) is 18.8 Å². The van der Waals surface area contributed by atoms with E-state index in [0.29, 0.717) is 0 Å². The molecule has 0 unspecified atom stereocenters. The molecular weight excluding hydrogens is 358 g/mol. The van der Waals surface area contributed by atoms with Gasteiger partial charge >= 0.3 is 0 Å². The second-order valence-electron chi connectivity index (χ2n) is 7.49. The van der Waals surface area contributed by atoms with Crippen LogP contribution < -0.4 is 9.47 Å². The molecule has 0 spiro atoms. The highest BCUT2D eigenvalue weighted by Gasteiger charge is 1.97. The molecule has 0 aliphatic rings. The Labute approximate surface area is 177 Å². The summed E-state index contributed by atoms with van der Waals surface area (Å²) in [5, 5.41) is 0. The number of rotatable bonds is 15. The third-order valence-corrected chi connectivity index (χ3v) is 4.86. The van der Waals surface area contributed by atoms with Gasteiger partial charge in [-0.05, 0) is 66.9 Å². The van der Waals surface area contributed by atoms with Gasteiger partial charge in [-0.25, -0.2) is 0 Å². The highest BCUT2D eigenvalue weighted by molar-refractivity contribution is 5.82. The Morgan fingerprint density at radius 2 is 1.10 bits per heavy atom. The Balaban J connectivity index is 1.69. The smallest absolute Gasteiger partial charge is 0.119 e. The van der Waals surface area contributed by atoms with Crippen LogP contribution in [0.15, 0.2) is 53.5 Å². The maximum absolute atomic E-state index is 5.83. The zero-order valence-electron chi connectivity index (χ0n) is 18.2. The van der Waals surface area contributed by atoms with Crippen molar-refractivity contribution in [2.24, 2.45) is 4.99 Å². The van der Waals surface area contributed by atoms with Gasteiger partial charge in [-0.3, -0.25) is 4.99 Å². The van der Waals surface area contributed by atoms with E-state index in [1.54, 1.807) is 0 Å². The Hall–Kier alpha value is -2.29. The molecule has 2 rings (SSSR count). The molecule has 2 aromatic carbocycles. The van der Waals surface area contributed by atoms with Crippen LogP contribution in [0.4, 0.5) is 5.69 Å². The molecule has 158 valence electrons. The van der Waals surface area contributed by atoms with E-state index in [1.165, 1.54) is 44.9 Å². The second kappa shape index (κ2) is 14.7. The Kier molecular flexibility index (Phi) is 11.6. The lowest BCUT2D eigenvalue weighted by Crippen LogP contribution is -1.97. The van der Waals surface area contributed by atoms with Crippen LogP contribution in [0.1, 0.15) is 77.2 Å². The van der Waals surface area contributed by atoms with Gasteiger partial charge in [-0.15, -0.1) is 0 Å². The van der Waals surface area contributed by atoms with Crippen molar-refractivity contribution in [2.45, 2.75) is 71.6 Å². The minimum Gasteiger partial charge on any atom is -0.494 e. The van der Waals surface area contributed by atoms with Gasteiger partial charge in [0.25, 0.3) is 0 Å². The van der Waals surface area contributed by atoms with Crippen LogP contribution in [0.3, 0.4) is 0 Å². The molecule has 0 saturated heterocycles. The zero-order chi connectivity index (χ0) is 20.6. The summed E-state index contributed by atoms with van der Waals surface area (Å²) >= 11 is 0. The average Bonchev–Trinajstić information content (AvgIpc) is 2.76. The van der Waals surface area contributed by atoms with Crippen LogP contribution in [0, 0.1) is 0 Å². The molecule has 0 heterocycles. The van der Waals surface area contributed by atoms with Crippen LogP contribution in [0.2, 0.25) is 0 Å². The molecule has 0 fully saturated rings. The van der Waals surface area contributed by atoms with Gasteiger partial charge in [-0.1, -0.05) is 58.8 Å². The van der Waals surface area contributed by atoms with E-state index >= 15 is 0 Å². The van der Waals surface area contributed by atoms with E-state index < -0.39 is 0 Å². The molecule has 2 aromatic rings. The van der Waals surface area contributed by atoms with Gasteiger partial charge in [0.2, 0.25) is 0 Å². The summed E-state index contributed by atoms with van der Waals surface area (Å²) in [6, 6.07) is 16.1. The molecular formula is C26H37NO2. The van der Waals surface area contributed by atoms with Crippen LogP contribution in [-0.2, 0) is 0 Å². The zero-order valence-corrected chi connectivity index (χ0v) is 18.2. The van der Waals surface area contributed by atoms with Crippen molar-refractivity contribution >= 4 is 11.9 Å². The summed E-state index contributed by atoms with van der Waals surface area (Å²) in [5.41, 5.74) is 1.99. The number of benzene rings is 2. The first-order valence-corrected chi connectivity index (χ1v) is 11.3. The van der Waals surface area contributed by atoms with Crippen molar-refractivity contribution in [2.75, 3.05) is 13.2 Å². The highest BCUT2D eigenvalue weighted by Crippen LogP contribution is 2.19. The summed E-state index contributed by atoms with van der Waals surface area (Å²) in [7, 11) is 0. The third-order valence-electron chi connectivity index (χ3n) is 4.86. The van der Waals surface area contributed by atoms with Crippen LogP contribution in [-0.4, -0.2) is 19.4 Å². The molecule has 0 bridgehead atoms. The highest BCUT2D eigenvalue weighted by atomic mass is 16.5. The van der Waals surface area contributed by atoms with Gasteiger partial charge in [0, 0.05) is 6.21 Å². The van der Waals surface area contributed by atoms with E-state index in [4.69, 9.17) is 9.47 Å². The van der Waals surface area contributed by atoms with Crippen molar-refractivity contribution in [3.05, 3.63) is 54.1 Å². The van der Waals surface area contributed by atoms with Crippen molar-refractivity contribution < 1.29 is 9.47 Å². The average molecular weight is 396 g/mol. The van der Waals surface area contributed by atoms with Crippen LogP contribution >= 0.6 is 0 Å². The molecule has 0 amide bonds. The van der Waals surface area contributed by atoms with Crippen molar-refractivity contribution in [3.63, 3.8) is 0 Å². The fourth-order valence-electron chi connectivity index (χ4n) is 3.04. The fourth-order valence-corrected chi connectivity index (χ4v) is 3.04. The third kappa shape index (κ3) is 10.2. The number of unbranched alkanes of at least 4 members (excludes halogenated alkanes) is 7. The lowest BCUT2D eigenvalue weighted by atomic mass is 10.1. The molecule has 0 aromatic heterocycles. The van der Waals surface area contributed by atoms with Gasteiger partial charge in [-0.2, -0.15) is 0 Å². The normalized spacial score (nSPS) is 11.1. The standard InChI is InChI=1S/C26H37NO2/c1-3-5-7-8-9-11-21-29-25-16-12-23(13-17-25)22-27-24-14-18-26(19-15-24)28-20-10-6-4-2/h12-19,22H,3-11,20-21H2,1-2H3. The second-order valence-corrected chi connectivity index (χ2v) is 7.49. The topological polar surface area (TPSA) is 30.8 Å². The number of aliphatic imine (C=N–C) groups is 1. The summed E-state index contributed by atoms with van der Waals surface area (Å²) in [4.78, 5) is 4.55. The van der Waals surface area contributed by atoms with Gasteiger partial charge in [0.15, 0.2) is 0 Å². The van der Waals surface area contributed by atoms with E-state index in [1.807, 2.05) is 54.7 Å². The molecule has 0 aliphatic heterocycles. The molecule has 3 nitrogen and oxygen atoms in total. The molecule has 0 atom stereocenters. The lowest BCUT2D eigenvalue weighted by Gasteiger charge is -2.06. The summed E-state index contributed by atoms with van der Waals surface area (Å²) in [6.07, 6.45) is 13.1. The molecule has 0 radical (unpaired) electrons. The fraction of sp³-hybridized carbons (Fsp3) is 0.500. The first-order chi connectivity index (χ1) is 14.3. The Morgan fingerprint density at radius 1 is 0.621 bits per heavy atom. The molecule has 0 N–H and O–H groups in total. The Bertz CT molecular complexity index is 677. The molecule has 29 heavy (non-hydrogen) atoms. The first-order valence-electron chi connectivity index (χ1n) is 11.3.